The Balaban J connectivity index is 1.94. The molecule has 0 aromatic carbocycles. The van der Waals surface area contributed by atoms with Crippen LogP contribution >= 0.6 is 0 Å². The van der Waals surface area contributed by atoms with Crippen molar-refractivity contribution >= 4 is 11.9 Å². The number of pyridine rings is 1. The van der Waals surface area contributed by atoms with E-state index in [9.17, 15) is 13.2 Å². The van der Waals surface area contributed by atoms with Crippen molar-refractivity contribution in [3.8, 4) is 11.5 Å². The van der Waals surface area contributed by atoms with Crippen LogP contribution < -0.4 is 10.6 Å². The maximum absolute atomic E-state index is 13.0. The molecule has 1 aliphatic carbocycles. The van der Waals surface area contributed by atoms with E-state index in [0.29, 0.717) is 24.4 Å². The van der Waals surface area contributed by atoms with E-state index in [2.05, 4.69) is 51.3 Å². The highest BCUT2D eigenvalue weighted by molar-refractivity contribution is 5.54. The van der Waals surface area contributed by atoms with Crippen molar-refractivity contribution in [2.45, 2.75) is 52.8 Å². The zero-order valence-corrected chi connectivity index (χ0v) is 16.4. The van der Waals surface area contributed by atoms with Gasteiger partial charge in [-0.3, -0.25) is 0 Å². The zero-order chi connectivity index (χ0) is 20.5. The molecule has 3 rings (SSSR count). The van der Waals surface area contributed by atoms with Crippen molar-refractivity contribution in [3.05, 3.63) is 23.9 Å². The first-order valence-corrected chi connectivity index (χ1v) is 9.32. The highest BCUT2D eigenvalue weighted by Crippen LogP contribution is 2.34. The Morgan fingerprint density at radius 1 is 1.04 bits per heavy atom. The Morgan fingerprint density at radius 2 is 1.71 bits per heavy atom. The number of alkyl halides is 3. The molecular weight excluding hydrogens is 369 g/mol. The maximum atomic E-state index is 13.0. The summed E-state index contributed by atoms with van der Waals surface area (Å²) in [5, 5.41) is 6.39. The van der Waals surface area contributed by atoms with Crippen LogP contribution in [0.2, 0.25) is 0 Å². The number of anilines is 2. The second-order valence-corrected chi connectivity index (χ2v) is 8.40. The normalized spacial score (nSPS) is 16.0. The van der Waals surface area contributed by atoms with Gasteiger partial charge in [-0.25, -0.2) is 4.98 Å². The van der Waals surface area contributed by atoms with Crippen molar-refractivity contribution in [2.75, 3.05) is 17.2 Å². The quantitative estimate of drug-likeness (QED) is 0.745. The molecule has 2 heterocycles. The molecule has 1 fully saturated rings. The smallest absolute Gasteiger partial charge is 0.354 e. The lowest BCUT2D eigenvalue weighted by atomic mass is 9.97. The first-order chi connectivity index (χ1) is 13.0. The molecule has 2 aromatic rings. The van der Waals surface area contributed by atoms with Gasteiger partial charge in [-0.2, -0.15) is 28.1 Å². The molecule has 0 radical (unpaired) electrons. The van der Waals surface area contributed by atoms with E-state index in [-0.39, 0.29) is 23.0 Å². The van der Waals surface area contributed by atoms with Gasteiger partial charge in [0, 0.05) is 12.6 Å². The Morgan fingerprint density at radius 3 is 2.32 bits per heavy atom. The summed E-state index contributed by atoms with van der Waals surface area (Å²) < 4.78 is 39.1. The molecule has 1 saturated carbocycles. The first kappa shape index (κ1) is 20.3. The zero-order valence-electron chi connectivity index (χ0n) is 16.4. The van der Waals surface area contributed by atoms with Gasteiger partial charge >= 0.3 is 6.18 Å². The van der Waals surface area contributed by atoms with Gasteiger partial charge in [0.05, 0.1) is 0 Å². The standard InChI is InChI=1S/C19H25F3N6/c1-11(12-8-9-12)24-17-27-15(26-16(28-17)23-10-18(2,3)4)13-6-5-7-14(25-13)19(20,21)22/h5-7,11-12H,8-10H2,1-4H3,(H2,23,24,26,27,28)/t11-/m1/s1. The van der Waals surface area contributed by atoms with E-state index in [1.165, 1.54) is 12.1 Å². The van der Waals surface area contributed by atoms with Crippen LogP contribution in [0.25, 0.3) is 11.5 Å². The van der Waals surface area contributed by atoms with E-state index >= 15 is 0 Å². The molecule has 0 aliphatic heterocycles. The Bertz CT molecular complexity index is 827. The molecule has 152 valence electrons. The van der Waals surface area contributed by atoms with Gasteiger partial charge in [0.25, 0.3) is 0 Å². The molecule has 2 aromatic heterocycles. The number of nitrogens with zero attached hydrogens (tertiary/aromatic N) is 4. The average Bonchev–Trinajstić information content (AvgIpc) is 3.44. The van der Waals surface area contributed by atoms with E-state index < -0.39 is 11.9 Å². The molecular formula is C19H25F3N6. The summed E-state index contributed by atoms with van der Waals surface area (Å²) in [6.07, 6.45) is -2.23. The highest BCUT2D eigenvalue weighted by atomic mass is 19.4. The molecule has 0 unspecified atom stereocenters. The summed E-state index contributed by atoms with van der Waals surface area (Å²) in [4.78, 5) is 16.7. The number of nitrogens with one attached hydrogen (secondary N) is 2. The van der Waals surface area contributed by atoms with Gasteiger partial charge < -0.3 is 10.6 Å². The summed E-state index contributed by atoms with van der Waals surface area (Å²) >= 11 is 0. The molecule has 28 heavy (non-hydrogen) atoms. The van der Waals surface area contributed by atoms with Crippen LogP contribution in [-0.2, 0) is 6.18 Å². The minimum absolute atomic E-state index is 0.0177. The largest absolute Gasteiger partial charge is 0.433 e. The maximum Gasteiger partial charge on any atom is 0.433 e. The van der Waals surface area contributed by atoms with Crippen molar-refractivity contribution in [2.24, 2.45) is 11.3 Å². The van der Waals surface area contributed by atoms with Gasteiger partial charge in [-0.05, 0) is 43.2 Å². The van der Waals surface area contributed by atoms with E-state index in [1.807, 2.05) is 6.92 Å². The average molecular weight is 394 g/mol. The SMILES string of the molecule is C[C@@H](Nc1nc(NCC(C)(C)C)nc(-c2cccc(C(F)(F)F)n2)n1)C1CC1. The summed E-state index contributed by atoms with van der Waals surface area (Å²) in [5.41, 5.74) is -0.940. The number of hydrogen-bond donors (Lipinski definition) is 2. The van der Waals surface area contributed by atoms with Gasteiger partial charge in [0.2, 0.25) is 11.9 Å². The molecule has 1 aliphatic rings. The van der Waals surface area contributed by atoms with Crippen LogP contribution in [0.1, 0.15) is 46.2 Å². The molecule has 2 N–H and O–H groups in total. The molecule has 0 bridgehead atoms. The van der Waals surface area contributed by atoms with Crippen LogP contribution in [0, 0.1) is 11.3 Å². The second-order valence-electron chi connectivity index (χ2n) is 8.40. The van der Waals surface area contributed by atoms with E-state index in [4.69, 9.17) is 0 Å². The Labute approximate surface area is 162 Å². The molecule has 0 spiro atoms. The van der Waals surface area contributed by atoms with Crippen molar-refractivity contribution in [1.82, 2.24) is 19.9 Å². The van der Waals surface area contributed by atoms with Crippen LogP contribution in [-0.4, -0.2) is 32.5 Å². The third-order valence-corrected chi connectivity index (χ3v) is 4.37. The van der Waals surface area contributed by atoms with E-state index in [1.54, 1.807) is 0 Å². The molecule has 1 atom stereocenters. The Hall–Kier alpha value is -2.45. The van der Waals surface area contributed by atoms with Crippen LogP contribution in [0.3, 0.4) is 0 Å². The highest BCUT2D eigenvalue weighted by Gasteiger charge is 2.33. The fourth-order valence-electron chi connectivity index (χ4n) is 2.61. The molecule has 9 heteroatoms. The minimum Gasteiger partial charge on any atom is -0.354 e. The summed E-state index contributed by atoms with van der Waals surface area (Å²) in [6.45, 7) is 8.83. The fraction of sp³-hybridized carbons (Fsp3) is 0.579. The van der Waals surface area contributed by atoms with E-state index in [0.717, 1.165) is 18.9 Å². The second kappa shape index (κ2) is 7.52. The van der Waals surface area contributed by atoms with Crippen LogP contribution in [0.15, 0.2) is 18.2 Å². The van der Waals surface area contributed by atoms with Crippen molar-refractivity contribution < 1.29 is 13.2 Å². The molecule has 6 nitrogen and oxygen atoms in total. The van der Waals surface area contributed by atoms with Gasteiger partial charge in [-0.15, -0.1) is 0 Å². The van der Waals surface area contributed by atoms with Crippen LogP contribution in [0.5, 0.6) is 0 Å². The summed E-state index contributed by atoms with van der Waals surface area (Å²) in [6, 6.07) is 3.88. The number of halogens is 3. The Kier molecular flexibility index (Phi) is 5.45. The monoisotopic (exact) mass is 394 g/mol. The van der Waals surface area contributed by atoms with Gasteiger partial charge in [-0.1, -0.05) is 26.8 Å². The third-order valence-electron chi connectivity index (χ3n) is 4.37. The van der Waals surface area contributed by atoms with Crippen molar-refractivity contribution in [1.29, 1.82) is 0 Å². The predicted molar refractivity (Wildman–Crippen MR) is 102 cm³/mol. The van der Waals surface area contributed by atoms with Crippen molar-refractivity contribution in [3.63, 3.8) is 0 Å². The lowest BCUT2D eigenvalue weighted by molar-refractivity contribution is -0.141. The van der Waals surface area contributed by atoms with Gasteiger partial charge in [0.1, 0.15) is 11.4 Å². The predicted octanol–water partition coefficient (Wildman–Crippen LogP) is 4.62. The van der Waals surface area contributed by atoms with Crippen LogP contribution in [0.4, 0.5) is 25.1 Å². The minimum atomic E-state index is -4.53. The lowest BCUT2D eigenvalue weighted by Crippen LogP contribution is -2.23. The lowest BCUT2D eigenvalue weighted by Gasteiger charge is -2.19. The summed E-state index contributed by atoms with van der Waals surface area (Å²) in [7, 11) is 0. The summed E-state index contributed by atoms with van der Waals surface area (Å²) in [5.74, 6) is 1.31. The van der Waals surface area contributed by atoms with Gasteiger partial charge in [0.15, 0.2) is 5.82 Å². The number of rotatable bonds is 6. The fourth-order valence-corrected chi connectivity index (χ4v) is 2.61. The molecule has 0 amide bonds. The third kappa shape index (κ3) is 5.53. The topological polar surface area (TPSA) is 75.6 Å². The number of aromatic nitrogens is 4. The molecule has 0 saturated heterocycles. The first-order valence-electron chi connectivity index (χ1n) is 9.32. The number of hydrogen-bond acceptors (Lipinski definition) is 6.